The van der Waals surface area contributed by atoms with E-state index in [-0.39, 0.29) is 152 Å². The van der Waals surface area contributed by atoms with Crippen molar-refractivity contribution in [3.8, 4) is 77.4 Å². The van der Waals surface area contributed by atoms with Crippen molar-refractivity contribution in [1.29, 1.82) is 0 Å². The second kappa shape index (κ2) is 65.1. The van der Waals surface area contributed by atoms with Crippen LogP contribution in [-0.2, 0) is 120 Å². The molecule has 0 spiro atoms. The van der Waals surface area contributed by atoms with E-state index in [9.17, 15) is 28.0 Å². The van der Waals surface area contributed by atoms with Crippen LogP contribution in [0, 0.1) is 54.1 Å². The van der Waals surface area contributed by atoms with Gasteiger partial charge in [-0.3, -0.25) is 32.9 Å². The van der Waals surface area contributed by atoms with Gasteiger partial charge in [0.05, 0.1) is 28.6 Å². The van der Waals surface area contributed by atoms with Crippen LogP contribution in [0.2, 0.25) is 0 Å². The number of aromatic nitrogens is 7. The van der Waals surface area contributed by atoms with Crippen LogP contribution < -0.4 is 0 Å². The molecule has 4 radical (unpaired) electrons. The normalized spacial score (nSPS) is 9.97. The number of hydrogen-bond donors (Lipinski definition) is 4. The van der Waals surface area contributed by atoms with Gasteiger partial charge in [0.2, 0.25) is 0 Å². The summed E-state index contributed by atoms with van der Waals surface area (Å²) in [5, 5.41) is 35.7. The fourth-order valence-electron chi connectivity index (χ4n) is 9.67. The van der Waals surface area contributed by atoms with Gasteiger partial charge in [-0.15, -0.1) is 215 Å². The van der Waals surface area contributed by atoms with Crippen molar-refractivity contribution in [1.82, 2.24) is 34.9 Å². The second-order valence-electron chi connectivity index (χ2n) is 24.8. The maximum atomic E-state index is 13.2. The molecule has 648 valence electrons. The fraction of sp³-hybridized carbons (Fsp3) is 0.0792. The van der Waals surface area contributed by atoms with E-state index in [4.69, 9.17) is 20.4 Å². The number of thiazole rings is 1. The van der Waals surface area contributed by atoms with Gasteiger partial charge < -0.3 is 50.3 Å². The summed E-state index contributed by atoms with van der Waals surface area (Å²) in [7, 11) is 0. The Balaban J connectivity index is 0.000000692. The molecule has 8 aromatic carbocycles. The number of ketones is 4. The number of allylic oxidation sites excluding steroid dienone is 8. The van der Waals surface area contributed by atoms with Crippen molar-refractivity contribution in [2.45, 2.75) is 55.4 Å². The van der Waals surface area contributed by atoms with E-state index in [2.05, 4.69) is 102 Å². The molecule has 0 aliphatic rings. The van der Waals surface area contributed by atoms with Gasteiger partial charge >= 0.3 is 20.1 Å². The molecule has 0 unspecified atom stereocenters. The van der Waals surface area contributed by atoms with E-state index in [0.717, 1.165) is 83.8 Å². The fourth-order valence-corrected chi connectivity index (χ4v) is 11.6. The summed E-state index contributed by atoms with van der Waals surface area (Å²) in [6.45, 7) is 11.4. The molecule has 0 saturated heterocycles. The number of fused-ring (bicyclic) bond motifs is 2. The van der Waals surface area contributed by atoms with Gasteiger partial charge in [-0.1, -0.05) is 109 Å². The third-order valence-electron chi connectivity index (χ3n) is 14.5. The van der Waals surface area contributed by atoms with Crippen LogP contribution in [0.15, 0.2) is 376 Å². The maximum Gasteiger partial charge on any atom is 3.00 e. The predicted molar refractivity (Wildman–Crippen MR) is 479 cm³/mol. The minimum Gasteiger partial charge on any atom is -0.512 e. The third kappa shape index (κ3) is 46.7. The number of benzene rings is 8. The molecule has 16 aromatic rings. The van der Waals surface area contributed by atoms with Crippen molar-refractivity contribution in [3.63, 3.8) is 0 Å². The molecular weight excluding hydrogens is 2500 g/mol. The first-order chi connectivity index (χ1) is 58.0. The number of rotatable bonds is 11. The molecule has 0 aliphatic heterocycles. The number of aliphatic hydroxyl groups excluding tert-OH is 4. The van der Waals surface area contributed by atoms with Gasteiger partial charge in [0.15, 0.2) is 23.1 Å². The number of hydrogen-bond acceptors (Lipinski definition) is 17. The Labute approximate surface area is 804 Å². The predicted octanol–water partition coefficient (Wildman–Crippen LogP) is 24.7. The van der Waals surface area contributed by atoms with Gasteiger partial charge in [0, 0.05) is 169 Å². The van der Waals surface area contributed by atoms with Gasteiger partial charge in [0.25, 0.3) is 0 Å². The zero-order chi connectivity index (χ0) is 86.5. The summed E-state index contributed by atoms with van der Waals surface area (Å²) in [6.07, 6.45) is 15.2. The quantitative estimate of drug-likeness (QED) is 0.0535. The van der Waals surface area contributed by atoms with Crippen molar-refractivity contribution in [2.75, 3.05) is 0 Å². The molecule has 0 amide bonds. The van der Waals surface area contributed by atoms with Crippen LogP contribution in [0.3, 0.4) is 0 Å². The van der Waals surface area contributed by atoms with Crippen LogP contribution in [0.1, 0.15) is 55.4 Å². The van der Waals surface area contributed by atoms with Crippen molar-refractivity contribution in [2.24, 2.45) is 0 Å². The van der Waals surface area contributed by atoms with E-state index >= 15 is 0 Å². The molecule has 16 rings (SSSR count). The zero-order valence-electron chi connectivity index (χ0n) is 68.8. The Morgan fingerprint density at radius 2 is 0.616 bits per heavy atom. The summed E-state index contributed by atoms with van der Waals surface area (Å²) in [5.74, 6) is -1.54. The summed E-state index contributed by atoms with van der Waals surface area (Å²) in [6, 6.07) is 114. The molecule has 8 aromatic heterocycles. The molecule has 0 bridgehead atoms. The number of carbonyl (C=O) groups excluding carboxylic acids is 4. The Morgan fingerprint density at radius 3 is 0.888 bits per heavy atom. The summed E-state index contributed by atoms with van der Waals surface area (Å²) in [4.78, 5) is 70.9. The number of halogens is 2. The maximum absolute atomic E-state index is 13.2. The van der Waals surface area contributed by atoms with E-state index in [1.807, 2.05) is 243 Å². The summed E-state index contributed by atoms with van der Waals surface area (Å²) in [5.41, 5.74) is 11.8. The molecule has 24 heteroatoms. The first kappa shape index (κ1) is 111. The van der Waals surface area contributed by atoms with E-state index < -0.39 is 11.6 Å². The number of carbonyl (C=O) groups is 4. The summed E-state index contributed by atoms with van der Waals surface area (Å²) >= 11 is 3.44. The molecule has 125 heavy (non-hydrogen) atoms. The zero-order valence-corrected chi connectivity index (χ0v) is 82.4. The van der Waals surface area contributed by atoms with Crippen molar-refractivity contribution >= 4 is 66.1 Å². The second-order valence-corrected chi connectivity index (χ2v) is 26.9. The van der Waals surface area contributed by atoms with Crippen molar-refractivity contribution < 1.29 is 149 Å². The van der Waals surface area contributed by atoms with E-state index in [1.54, 1.807) is 71.9 Å². The Kier molecular flexibility index (Phi) is 58.1. The van der Waals surface area contributed by atoms with Crippen LogP contribution >= 0.6 is 22.7 Å². The number of nitrogens with zero attached hydrogens (tertiary/aromatic N) is 7. The number of para-hydroxylation sites is 1. The van der Waals surface area contributed by atoms with Crippen LogP contribution in [0.4, 0.5) is 8.78 Å². The van der Waals surface area contributed by atoms with Gasteiger partial charge in [0.1, 0.15) is 0 Å². The minimum atomic E-state index is -0.649. The van der Waals surface area contributed by atoms with Gasteiger partial charge in [-0.25, -0.2) is 11.3 Å². The Hall–Kier alpha value is -11.5. The Morgan fingerprint density at radius 1 is 0.328 bits per heavy atom. The minimum absolute atomic E-state index is 0. The molecule has 0 fully saturated rings. The number of thiophene rings is 1. The van der Waals surface area contributed by atoms with Crippen molar-refractivity contribution in [3.05, 3.63) is 430 Å². The SMILES string of the molecule is CC(=O)C=C(C)O.CC(=O)C=C(C)O.CC(=O)C=C(C)O.CC(=O)C=C(C)O.Fc1c[c-]c(-c2ccccn2)c(F)c1.[Ir+3].[Ir].[Ir].[Ir].[Ir].[c-]1c(-c2ccccn2)sc2ccccc12.[c-]1ccccc1-c1ccccn1.[c-]1ccccc1-c1ccccn1.[c-]1ccccc1-c1ccccn1.[c-]1ccccc1-c1ccccn1.[c-]1ccccc1-c1nc2ccccc2s1. The smallest absolute Gasteiger partial charge is 0.512 e. The largest absolute Gasteiger partial charge is 3.00 e. The average molecular weight is 2590 g/mol. The summed E-state index contributed by atoms with van der Waals surface area (Å²) < 4.78 is 28.3. The number of pyridine rings is 6. The molecule has 4 N–H and O–H groups in total. The standard InChI is InChI=1S/2C13H8NS.C11H6F2N.4C11H8N.4C5H8O2.5Ir/c1-2-7-12-10(5-1)9-13(15-12)11-6-3-4-8-14-11;1-2-6-10(7-3-1)13-14-11-8-4-5-9-12(11)15-13;12-8-4-5-9(10(13)7-8)11-3-1-2-6-14-11;4*1-2-6-10(7-3-1)11-8-4-5-9-12-11;4*1-4(6)3-5(2)7;;;;;/h1-8H;1-6,8-9H;1-4,6-7H;4*1-6,8-9H;4*3,6H,1-2H3;;;;;/q7*-1;;;;;;;;;+3. The topological polar surface area (TPSA) is 239 Å². The van der Waals surface area contributed by atoms with Gasteiger partial charge in [-0.2, -0.15) is 11.3 Å². The average Bonchev–Trinajstić information content (AvgIpc) is 1.72. The molecule has 0 aliphatic carbocycles. The monoisotopic (exact) mass is 2590 g/mol. The van der Waals surface area contributed by atoms with E-state index in [1.165, 1.54) is 94.5 Å². The van der Waals surface area contributed by atoms with Gasteiger partial charge in [-0.05, 0) is 142 Å². The third-order valence-corrected chi connectivity index (χ3v) is 16.7. The first-order valence-corrected chi connectivity index (χ1v) is 38.6. The molecule has 8 heterocycles. The molecular formula is C101H86F2Ir5N7O8S2-4. The molecule has 15 nitrogen and oxygen atoms in total. The molecule has 0 saturated carbocycles. The van der Waals surface area contributed by atoms with Crippen LogP contribution in [-0.4, -0.2) is 78.4 Å². The van der Waals surface area contributed by atoms with Crippen LogP contribution in [0.5, 0.6) is 0 Å². The Bertz CT molecular complexity index is 5050. The van der Waals surface area contributed by atoms with E-state index in [0.29, 0.717) is 5.69 Å². The molecule has 0 atom stereocenters. The first-order valence-electron chi connectivity index (χ1n) is 37.0. The van der Waals surface area contributed by atoms with Crippen LogP contribution in [0.25, 0.3) is 97.7 Å². The number of aliphatic hydroxyl groups is 4.